The van der Waals surface area contributed by atoms with E-state index in [-0.39, 0.29) is 11.9 Å². The van der Waals surface area contributed by atoms with Crippen LogP contribution in [0.4, 0.5) is 0 Å². The van der Waals surface area contributed by atoms with Gasteiger partial charge in [0, 0.05) is 26.1 Å². The highest BCUT2D eigenvalue weighted by atomic mass is 16.2. The van der Waals surface area contributed by atoms with E-state index in [0.29, 0.717) is 13.0 Å². The Morgan fingerprint density at radius 2 is 2.15 bits per heavy atom. The fraction of sp³-hybridized carbons (Fsp3) is 0.562. The monoisotopic (exact) mass is 275 g/mol. The molecule has 1 aliphatic heterocycles. The number of nitrogens with one attached hydrogen (secondary N) is 1. The van der Waals surface area contributed by atoms with Gasteiger partial charge in [0.25, 0.3) is 0 Å². The number of nitrogens with two attached hydrogens (primary N) is 1. The van der Waals surface area contributed by atoms with E-state index in [4.69, 9.17) is 5.73 Å². The van der Waals surface area contributed by atoms with Gasteiger partial charge in [0.2, 0.25) is 5.91 Å². The molecule has 0 aromatic heterocycles. The number of aryl methyl sites for hydroxylation is 1. The fourth-order valence-corrected chi connectivity index (χ4v) is 2.67. The lowest BCUT2D eigenvalue weighted by Crippen LogP contribution is -2.48. The largest absolute Gasteiger partial charge is 0.333 e. The molecule has 1 heterocycles. The van der Waals surface area contributed by atoms with Crippen molar-refractivity contribution in [1.29, 1.82) is 0 Å². The van der Waals surface area contributed by atoms with Crippen molar-refractivity contribution in [3.63, 3.8) is 0 Å². The summed E-state index contributed by atoms with van der Waals surface area (Å²) in [5, 5.41) is 3.38. The summed E-state index contributed by atoms with van der Waals surface area (Å²) >= 11 is 0. The summed E-state index contributed by atoms with van der Waals surface area (Å²) < 4.78 is 0. The number of amides is 1. The number of nitrogens with zero attached hydrogens (tertiary/aromatic N) is 1. The van der Waals surface area contributed by atoms with Crippen LogP contribution in [0.2, 0.25) is 0 Å². The minimum Gasteiger partial charge on any atom is -0.333 e. The van der Waals surface area contributed by atoms with Crippen molar-refractivity contribution in [3.05, 3.63) is 35.4 Å². The first-order chi connectivity index (χ1) is 9.76. The lowest BCUT2D eigenvalue weighted by molar-refractivity contribution is -0.134. The average Bonchev–Trinajstić information content (AvgIpc) is 2.52. The Morgan fingerprint density at radius 3 is 2.80 bits per heavy atom. The van der Waals surface area contributed by atoms with Crippen LogP contribution < -0.4 is 11.1 Å². The molecule has 0 radical (unpaired) electrons. The molecule has 1 aliphatic rings. The first-order valence-electron chi connectivity index (χ1n) is 7.55. The van der Waals surface area contributed by atoms with E-state index in [1.165, 1.54) is 11.1 Å². The number of carbonyl (C=O) groups excluding carboxylic acids is 1. The molecule has 0 spiro atoms. The van der Waals surface area contributed by atoms with Gasteiger partial charge in [-0.05, 0) is 30.5 Å². The molecule has 4 heteroatoms. The van der Waals surface area contributed by atoms with Gasteiger partial charge >= 0.3 is 0 Å². The second kappa shape index (κ2) is 7.41. The second-order valence-corrected chi connectivity index (χ2v) is 5.29. The highest BCUT2D eigenvalue weighted by molar-refractivity contribution is 5.77. The molecule has 4 nitrogen and oxygen atoms in total. The van der Waals surface area contributed by atoms with Gasteiger partial charge in [-0.15, -0.1) is 0 Å². The van der Waals surface area contributed by atoms with E-state index in [2.05, 4.69) is 36.5 Å². The Hall–Kier alpha value is -1.39. The molecule has 2 rings (SSSR count). The summed E-state index contributed by atoms with van der Waals surface area (Å²) in [5.41, 5.74) is 8.05. The molecule has 1 aromatic rings. The Labute approximate surface area is 121 Å². The third kappa shape index (κ3) is 3.58. The molecular weight excluding hydrogens is 250 g/mol. The number of hydrogen-bond acceptors (Lipinski definition) is 3. The van der Waals surface area contributed by atoms with E-state index in [9.17, 15) is 4.79 Å². The van der Waals surface area contributed by atoms with Crippen molar-refractivity contribution in [2.45, 2.75) is 32.2 Å². The smallest absolute Gasteiger partial charge is 0.223 e. The lowest BCUT2D eigenvalue weighted by Gasteiger charge is -2.36. The predicted octanol–water partition coefficient (Wildman–Crippen LogP) is 1.46. The first-order valence-corrected chi connectivity index (χ1v) is 7.55. The number of hydrogen-bond donors (Lipinski definition) is 2. The maximum Gasteiger partial charge on any atom is 0.223 e. The van der Waals surface area contributed by atoms with Gasteiger partial charge in [-0.3, -0.25) is 4.79 Å². The Balaban J connectivity index is 2.10. The molecule has 0 saturated carbocycles. The zero-order valence-corrected chi connectivity index (χ0v) is 12.3. The van der Waals surface area contributed by atoms with Crippen LogP contribution in [0.1, 0.15) is 36.9 Å². The molecule has 0 bridgehead atoms. The molecule has 1 amide bonds. The Bertz CT molecular complexity index is 430. The van der Waals surface area contributed by atoms with Crippen LogP contribution in [-0.2, 0) is 11.2 Å². The summed E-state index contributed by atoms with van der Waals surface area (Å²) in [6.07, 6.45) is 2.37. The van der Waals surface area contributed by atoms with Crippen LogP contribution in [0.5, 0.6) is 0 Å². The van der Waals surface area contributed by atoms with Crippen molar-refractivity contribution >= 4 is 5.91 Å². The summed E-state index contributed by atoms with van der Waals surface area (Å²) in [6.45, 7) is 5.22. The maximum absolute atomic E-state index is 12.3. The minimum absolute atomic E-state index is 0.153. The van der Waals surface area contributed by atoms with Gasteiger partial charge in [0.1, 0.15) is 0 Å². The zero-order valence-electron chi connectivity index (χ0n) is 12.3. The van der Waals surface area contributed by atoms with Gasteiger partial charge in [-0.1, -0.05) is 31.2 Å². The highest BCUT2D eigenvalue weighted by Crippen LogP contribution is 2.23. The fourth-order valence-electron chi connectivity index (χ4n) is 2.67. The SMILES string of the molecule is CCc1ccc(C2CNCCN2C(=O)CCCN)cc1. The van der Waals surface area contributed by atoms with Gasteiger partial charge in [-0.2, -0.15) is 0 Å². The third-order valence-electron chi connectivity index (χ3n) is 3.93. The van der Waals surface area contributed by atoms with Crippen LogP contribution in [0, 0.1) is 0 Å². The number of rotatable bonds is 5. The van der Waals surface area contributed by atoms with E-state index < -0.39 is 0 Å². The van der Waals surface area contributed by atoms with Crippen LogP contribution in [-0.4, -0.2) is 37.0 Å². The molecule has 1 atom stereocenters. The summed E-state index contributed by atoms with van der Waals surface area (Å²) in [4.78, 5) is 14.3. The van der Waals surface area contributed by atoms with E-state index >= 15 is 0 Å². The molecule has 1 aromatic carbocycles. The normalized spacial score (nSPS) is 19.1. The van der Waals surface area contributed by atoms with Crippen LogP contribution >= 0.6 is 0 Å². The maximum atomic E-state index is 12.3. The van der Waals surface area contributed by atoms with Gasteiger partial charge in [-0.25, -0.2) is 0 Å². The molecule has 20 heavy (non-hydrogen) atoms. The van der Waals surface area contributed by atoms with Gasteiger partial charge < -0.3 is 16.0 Å². The molecule has 110 valence electrons. The molecule has 1 unspecified atom stereocenters. The summed E-state index contributed by atoms with van der Waals surface area (Å²) in [7, 11) is 0. The van der Waals surface area contributed by atoms with Crippen molar-refractivity contribution in [2.75, 3.05) is 26.2 Å². The molecule has 1 saturated heterocycles. The molecule has 1 fully saturated rings. The van der Waals surface area contributed by atoms with Crippen molar-refractivity contribution < 1.29 is 4.79 Å². The molecule has 0 aliphatic carbocycles. The van der Waals surface area contributed by atoms with E-state index in [1.807, 2.05) is 4.90 Å². The van der Waals surface area contributed by atoms with E-state index in [1.54, 1.807) is 0 Å². The third-order valence-corrected chi connectivity index (χ3v) is 3.93. The van der Waals surface area contributed by atoms with Crippen LogP contribution in [0.3, 0.4) is 0 Å². The Kier molecular flexibility index (Phi) is 5.56. The van der Waals surface area contributed by atoms with Gasteiger partial charge in [0.15, 0.2) is 0 Å². The Morgan fingerprint density at radius 1 is 1.40 bits per heavy atom. The average molecular weight is 275 g/mol. The van der Waals surface area contributed by atoms with Crippen LogP contribution in [0.15, 0.2) is 24.3 Å². The minimum atomic E-state index is 0.153. The van der Waals surface area contributed by atoms with Crippen molar-refractivity contribution in [2.24, 2.45) is 5.73 Å². The topological polar surface area (TPSA) is 58.4 Å². The van der Waals surface area contributed by atoms with Crippen molar-refractivity contribution in [1.82, 2.24) is 10.2 Å². The number of carbonyl (C=O) groups is 1. The summed E-state index contributed by atoms with van der Waals surface area (Å²) in [5.74, 6) is 0.224. The number of benzene rings is 1. The standard InChI is InChI=1S/C16H25N3O/c1-2-13-5-7-14(8-6-13)15-12-18-10-11-19(15)16(20)4-3-9-17/h5-8,15,18H,2-4,9-12,17H2,1H3. The second-order valence-electron chi connectivity index (χ2n) is 5.29. The predicted molar refractivity (Wildman–Crippen MR) is 81.4 cm³/mol. The van der Waals surface area contributed by atoms with Gasteiger partial charge in [0.05, 0.1) is 6.04 Å². The highest BCUT2D eigenvalue weighted by Gasteiger charge is 2.27. The van der Waals surface area contributed by atoms with Crippen molar-refractivity contribution in [3.8, 4) is 0 Å². The molecular formula is C16H25N3O. The quantitative estimate of drug-likeness (QED) is 0.855. The first kappa shape index (κ1) is 15.0. The molecule has 3 N–H and O–H groups in total. The summed E-state index contributed by atoms with van der Waals surface area (Å²) in [6, 6.07) is 8.78. The zero-order chi connectivity index (χ0) is 14.4. The number of piperazine rings is 1. The lowest BCUT2D eigenvalue weighted by atomic mass is 10.0. The van der Waals surface area contributed by atoms with E-state index in [0.717, 1.165) is 32.5 Å². The van der Waals surface area contributed by atoms with Crippen LogP contribution in [0.25, 0.3) is 0 Å².